The largest absolute Gasteiger partial charge is 0.451 e. The van der Waals surface area contributed by atoms with Gasteiger partial charge in [-0.1, -0.05) is 20.8 Å². The van der Waals surface area contributed by atoms with Crippen molar-refractivity contribution >= 4 is 23.8 Å². The summed E-state index contributed by atoms with van der Waals surface area (Å²) < 4.78 is 4.82. The van der Waals surface area contributed by atoms with Gasteiger partial charge in [-0.15, -0.1) is 0 Å². The van der Waals surface area contributed by atoms with Crippen LogP contribution in [0.5, 0.6) is 0 Å². The summed E-state index contributed by atoms with van der Waals surface area (Å²) in [6.45, 7) is 7.33. The van der Waals surface area contributed by atoms with Crippen LogP contribution in [-0.2, 0) is 19.1 Å². The van der Waals surface area contributed by atoms with Crippen molar-refractivity contribution < 1.29 is 23.9 Å². The first-order chi connectivity index (χ1) is 11.5. The number of rotatable bonds is 4. The molecule has 140 valence electrons. The Balaban J connectivity index is 2.01. The van der Waals surface area contributed by atoms with Gasteiger partial charge in [0.1, 0.15) is 12.1 Å². The summed E-state index contributed by atoms with van der Waals surface area (Å²) >= 11 is 0. The fraction of sp³-hybridized carbons (Fsp3) is 0.765. The molecule has 0 bridgehead atoms. The Bertz CT molecular complexity index is 588. The molecule has 1 aliphatic heterocycles. The highest BCUT2D eigenvalue weighted by Gasteiger charge is 2.53. The van der Waals surface area contributed by atoms with Gasteiger partial charge in [0.15, 0.2) is 6.10 Å². The normalized spacial score (nSPS) is 28.0. The fourth-order valence-electron chi connectivity index (χ4n) is 3.56. The Morgan fingerprint density at radius 2 is 1.88 bits per heavy atom. The second-order valence-electron chi connectivity index (χ2n) is 8.08. The molecule has 2 rings (SSSR count). The molecule has 0 aromatic carbocycles. The molecule has 1 saturated carbocycles. The molecule has 2 fully saturated rings. The quantitative estimate of drug-likeness (QED) is 0.576. The van der Waals surface area contributed by atoms with E-state index in [4.69, 9.17) is 10.5 Å². The number of hydrogen-bond donors (Lipinski definition) is 2. The summed E-state index contributed by atoms with van der Waals surface area (Å²) in [5.74, 6) is -1.54. The molecule has 8 nitrogen and oxygen atoms in total. The van der Waals surface area contributed by atoms with Gasteiger partial charge in [0.05, 0.1) is 0 Å². The van der Waals surface area contributed by atoms with Crippen LogP contribution < -0.4 is 11.1 Å². The van der Waals surface area contributed by atoms with E-state index in [-0.39, 0.29) is 5.41 Å². The second-order valence-corrected chi connectivity index (χ2v) is 8.08. The van der Waals surface area contributed by atoms with Crippen molar-refractivity contribution in [2.75, 3.05) is 6.54 Å². The Kier molecular flexibility index (Phi) is 5.11. The third-order valence-corrected chi connectivity index (χ3v) is 5.31. The third-order valence-electron chi connectivity index (χ3n) is 5.31. The minimum Gasteiger partial charge on any atom is -0.451 e. The topological polar surface area (TPSA) is 119 Å². The molecule has 2 aliphatic rings. The maximum Gasteiger partial charge on any atom is 0.327 e. The first-order valence-corrected chi connectivity index (χ1v) is 8.59. The van der Waals surface area contributed by atoms with Crippen molar-refractivity contribution in [2.24, 2.45) is 17.1 Å². The van der Waals surface area contributed by atoms with Crippen LogP contribution in [0.15, 0.2) is 0 Å². The predicted octanol–water partition coefficient (Wildman–Crippen LogP) is 0.930. The SMILES string of the molecule is CC(OC(=O)CN1C(=O)NC2(CCC(C(C)(C)C)CC2)C1=O)C(N)=O. The van der Waals surface area contributed by atoms with Gasteiger partial charge in [-0.2, -0.15) is 0 Å². The van der Waals surface area contributed by atoms with Gasteiger partial charge in [-0.3, -0.25) is 19.3 Å². The average Bonchev–Trinajstić information content (AvgIpc) is 2.71. The van der Waals surface area contributed by atoms with Crippen molar-refractivity contribution in [3.05, 3.63) is 0 Å². The smallest absolute Gasteiger partial charge is 0.327 e. The van der Waals surface area contributed by atoms with Crippen molar-refractivity contribution in [3.63, 3.8) is 0 Å². The average molecular weight is 353 g/mol. The Hall–Kier alpha value is -2.12. The number of nitrogens with zero attached hydrogens (tertiary/aromatic N) is 1. The number of nitrogens with two attached hydrogens (primary N) is 1. The zero-order valence-corrected chi connectivity index (χ0v) is 15.3. The van der Waals surface area contributed by atoms with Gasteiger partial charge in [0.25, 0.3) is 11.8 Å². The Morgan fingerprint density at radius 1 is 1.32 bits per heavy atom. The van der Waals surface area contributed by atoms with Crippen molar-refractivity contribution in [1.82, 2.24) is 10.2 Å². The van der Waals surface area contributed by atoms with Gasteiger partial charge in [-0.25, -0.2) is 4.79 Å². The highest BCUT2D eigenvalue weighted by atomic mass is 16.5. The maximum absolute atomic E-state index is 12.7. The van der Waals surface area contributed by atoms with E-state index in [2.05, 4.69) is 26.1 Å². The summed E-state index contributed by atoms with van der Waals surface area (Å²) in [4.78, 5) is 48.6. The monoisotopic (exact) mass is 353 g/mol. The van der Waals surface area contributed by atoms with Crippen LogP contribution in [0, 0.1) is 11.3 Å². The van der Waals surface area contributed by atoms with E-state index in [1.807, 2.05) is 0 Å². The van der Waals surface area contributed by atoms with E-state index in [1.165, 1.54) is 6.92 Å². The molecule has 1 spiro atoms. The number of nitrogens with one attached hydrogen (secondary N) is 1. The van der Waals surface area contributed by atoms with Crippen LogP contribution >= 0.6 is 0 Å². The molecule has 4 amide bonds. The van der Waals surface area contributed by atoms with Crippen LogP contribution in [0.3, 0.4) is 0 Å². The Morgan fingerprint density at radius 3 is 2.36 bits per heavy atom. The number of carbonyl (C=O) groups is 4. The number of imide groups is 1. The van der Waals surface area contributed by atoms with Crippen LogP contribution in [-0.4, -0.2) is 46.9 Å². The molecular weight excluding hydrogens is 326 g/mol. The number of primary amides is 1. The fourth-order valence-corrected chi connectivity index (χ4v) is 3.56. The molecule has 0 radical (unpaired) electrons. The van der Waals surface area contributed by atoms with Crippen molar-refractivity contribution in [1.29, 1.82) is 0 Å². The molecule has 1 aliphatic carbocycles. The second kappa shape index (κ2) is 6.65. The number of ether oxygens (including phenoxy) is 1. The van der Waals surface area contributed by atoms with Gasteiger partial charge < -0.3 is 15.8 Å². The molecule has 0 aromatic rings. The lowest BCUT2D eigenvalue weighted by Gasteiger charge is -2.40. The molecule has 25 heavy (non-hydrogen) atoms. The zero-order valence-electron chi connectivity index (χ0n) is 15.3. The van der Waals surface area contributed by atoms with Gasteiger partial charge in [0.2, 0.25) is 0 Å². The maximum atomic E-state index is 12.7. The molecule has 1 atom stereocenters. The predicted molar refractivity (Wildman–Crippen MR) is 89.1 cm³/mol. The molecule has 1 unspecified atom stereocenters. The van der Waals surface area contributed by atoms with Crippen LogP contribution in [0.1, 0.15) is 53.4 Å². The van der Waals surface area contributed by atoms with E-state index in [0.717, 1.165) is 17.7 Å². The molecule has 8 heteroatoms. The van der Waals surface area contributed by atoms with E-state index < -0.39 is 42.0 Å². The molecule has 1 saturated heterocycles. The molecule has 3 N–H and O–H groups in total. The number of amides is 4. The minimum atomic E-state index is -1.11. The highest BCUT2D eigenvalue weighted by Crippen LogP contribution is 2.43. The molecule has 0 aromatic heterocycles. The summed E-state index contributed by atoms with van der Waals surface area (Å²) in [5.41, 5.74) is 4.26. The van der Waals surface area contributed by atoms with E-state index in [0.29, 0.717) is 18.8 Å². The third kappa shape index (κ3) is 3.93. The lowest BCUT2D eigenvalue weighted by molar-refractivity contribution is -0.156. The number of carbonyl (C=O) groups excluding carboxylic acids is 4. The summed E-state index contributed by atoms with van der Waals surface area (Å²) in [6.07, 6.45) is 1.69. The van der Waals surface area contributed by atoms with Crippen LogP contribution in [0.4, 0.5) is 4.79 Å². The minimum absolute atomic E-state index is 0.154. The van der Waals surface area contributed by atoms with E-state index in [1.54, 1.807) is 0 Å². The summed E-state index contributed by atoms with van der Waals surface area (Å²) in [5, 5.41) is 2.76. The number of urea groups is 1. The van der Waals surface area contributed by atoms with Gasteiger partial charge in [0, 0.05) is 0 Å². The van der Waals surface area contributed by atoms with Crippen LogP contribution in [0.25, 0.3) is 0 Å². The first-order valence-electron chi connectivity index (χ1n) is 8.59. The van der Waals surface area contributed by atoms with Crippen molar-refractivity contribution in [3.8, 4) is 0 Å². The lowest BCUT2D eigenvalue weighted by atomic mass is 9.67. The lowest BCUT2D eigenvalue weighted by Crippen LogP contribution is -2.50. The first kappa shape index (κ1) is 19.2. The number of esters is 1. The molecular formula is C17H27N3O5. The number of hydrogen-bond acceptors (Lipinski definition) is 5. The standard InChI is InChI=1S/C17H27N3O5/c1-10(13(18)22)25-12(21)9-20-14(23)17(19-15(20)24)7-5-11(6-8-17)16(2,3)4/h10-11H,5-9H2,1-4H3,(H2,18,22)(H,19,24). The van der Waals surface area contributed by atoms with E-state index >= 15 is 0 Å². The van der Waals surface area contributed by atoms with E-state index in [9.17, 15) is 19.2 Å². The zero-order chi connectivity index (χ0) is 19.0. The van der Waals surface area contributed by atoms with Crippen molar-refractivity contribution in [2.45, 2.75) is 65.0 Å². The van der Waals surface area contributed by atoms with Crippen LogP contribution in [0.2, 0.25) is 0 Å². The van der Waals surface area contributed by atoms with Gasteiger partial charge >= 0.3 is 12.0 Å². The summed E-state index contributed by atoms with van der Waals surface area (Å²) in [7, 11) is 0. The molecule has 1 heterocycles. The van der Waals surface area contributed by atoms with Gasteiger partial charge in [-0.05, 0) is 43.9 Å². The highest BCUT2D eigenvalue weighted by molar-refractivity contribution is 6.08. The Labute approximate surface area is 147 Å². The summed E-state index contributed by atoms with van der Waals surface area (Å²) in [6, 6.07) is -0.595.